The van der Waals surface area contributed by atoms with Gasteiger partial charge in [-0.2, -0.15) is 0 Å². The van der Waals surface area contributed by atoms with Gasteiger partial charge in [0.25, 0.3) is 5.91 Å². The molecule has 2 amide bonds. The molecule has 0 fully saturated rings. The summed E-state index contributed by atoms with van der Waals surface area (Å²) in [5, 5.41) is 15.7. The van der Waals surface area contributed by atoms with E-state index in [1.54, 1.807) is 24.3 Å². The smallest absolute Gasteiger partial charge is 0.253 e. The highest BCUT2D eigenvalue weighted by atomic mass is 35.5. The zero-order valence-electron chi connectivity index (χ0n) is 18.9. The number of nitrogens with zero attached hydrogens (tertiary/aromatic N) is 3. The highest BCUT2D eigenvalue weighted by Gasteiger charge is 2.25. The highest BCUT2D eigenvalue weighted by Crippen LogP contribution is 2.26. The maximum Gasteiger partial charge on any atom is 0.253 e. The van der Waals surface area contributed by atoms with Crippen LogP contribution < -0.4 is 10.6 Å². The van der Waals surface area contributed by atoms with Gasteiger partial charge in [0.05, 0.1) is 22.4 Å². The van der Waals surface area contributed by atoms with Crippen molar-refractivity contribution in [3.05, 3.63) is 71.0 Å². The molecule has 0 spiro atoms. The molecular formula is C24H28ClN5O2S. The van der Waals surface area contributed by atoms with Crippen LogP contribution in [0.3, 0.4) is 0 Å². The summed E-state index contributed by atoms with van der Waals surface area (Å²) in [6.45, 7) is 6.78. The van der Waals surface area contributed by atoms with Gasteiger partial charge < -0.3 is 15.2 Å². The molecule has 1 atom stereocenters. The van der Waals surface area contributed by atoms with E-state index < -0.39 is 0 Å². The van der Waals surface area contributed by atoms with Crippen molar-refractivity contribution in [3.8, 4) is 0 Å². The second-order valence-corrected chi connectivity index (χ2v) is 9.27. The molecule has 2 N–H and O–H groups in total. The number of aromatic nitrogens is 3. The lowest BCUT2D eigenvalue weighted by Gasteiger charge is -2.21. The molecule has 1 aromatic heterocycles. The lowest BCUT2D eigenvalue weighted by atomic mass is 10.0. The Kier molecular flexibility index (Phi) is 8.91. The largest absolute Gasteiger partial charge is 0.342 e. The normalized spacial score (nSPS) is 11.9. The second-order valence-electron chi connectivity index (χ2n) is 7.92. The van der Waals surface area contributed by atoms with Crippen molar-refractivity contribution in [1.29, 1.82) is 0 Å². The van der Waals surface area contributed by atoms with Gasteiger partial charge in [-0.15, -0.1) is 10.2 Å². The quantitative estimate of drug-likeness (QED) is 0.385. The first kappa shape index (κ1) is 24.8. The van der Waals surface area contributed by atoms with Crippen LogP contribution in [0.15, 0.2) is 59.8 Å². The van der Waals surface area contributed by atoms with Crippen molar-refractivity contribution in [2.45, 2.75) is 44.9 Å². The number of para-hydroxylation sites is 1. The first-order valence-electron chi connectivity index (χ1n) is 10.8. The highest BCUT2D eigenvalue weighted by molar-refractivity contribution is 7.99. The van der Waals surface area contributed by atoms with Crippen LogP contribution in [-0.2, 0) is 11.3 Å². The Balaban J connectivity index is 1.74. The van der Waals surface area contributed by atoms with Crippen molar-refractivity contribution < 1.29 is 9.59 Å². The molecule has 0 radical (unpaired) electrons. The van der Waals surface area contributed by atoms with Crippen molar-refractivity contribution in [2.75, 3.05) is 11.1 Å². The molecule has 33 heavy (non-hydrogen) atoms. The SMILES string of the molecule is CCn1c(SCC(=O)Nc2ccccc2)nnc1C(CC(C)C)NC(=O)c1ccccc1Cl. The summed E-state index contributed by atoms with van der Waals surface area (Å²) in [7, 11) is 0. The van der Waals surface area contributed by atoms with E-state index in [-0.39, 0.29) is 23.6 Å². The maximum atomic E-state index is 12.9. The van der Waals surface area contributed by atoms with E-state index in [2.05, 4.69) is 34.7 Å². The molecule has 0 aliphatic heterocycles. The van der Waals surface area contributed by atoms with Gasteiger partial charge >= 0.3 is 0 Å². The summed E-state index contributed by atoms with van der Waals surface area (Å²) in [6.07, 6.45) is 0.688. The standard InChI is InChI=1S/C24H28ClN5O2S/c1-4-30-22(20(14-16(2)3)27-23(32)18-12-8-9-13-19(18)25)28-29-24(30)33-15-21(31)26-17-10-6-5-7-11-17/h5-13,16,20H,4,14-15H2,1-3H3,(H,26,31)(H,27,32). The van der Waals surface area contributed by atoms with Crippen molar-refractivity contribution in [2.24, 2.45) is 5.92 Å². The van der Waals surface area contributed by atoms with E-state index in [4.69, 9.17) is 11.6 Å². The fourth-order valence-electron chi connectivity index (χ4n) is 3.39. The Morgan fingerprint density at radius 1 is 1.06 bits per heavy atom. The molecule has 9 heteroatoms. The second kappa shape index (κ2) is 11.9. The Bertz CT molecular complexity index is 1090. The van der Waals surface area contributed by atoms with Crippen LogP contribution in [0, 0.1) is 5.92 Å². The number of anilines is 1. The summed E-state index contributed by atoms with van der Waals surface area (Å²) in [5.41, 5.74) is 1.17. The first-order chi connectivity index (χ1) is 15.9. The molecule has 3 rings (SSSR count). The molecule has 0 aliphatic carbocycles. The number of benzene rings is 2. The molecule has 0 bridgehead atoms. The Labute approximate surface area is 203 Å². The number of halogens is 1. The van der Waals surface area contributed by atoms with E-state index >= 15 is 0 Å². The molecule has 7 nitrogen and oxygen atoms in total. The van der Waals surface area contributed by atoms with Gasteiger partial charge in [-0.25, -0.2) is 0 Å². The summed E-state index contributed by atoms with van der Waals surface area (Å²) >= 11 is 7.53. The van der Waals surface area contributed by atoms with Gasteiger partial charge in [0, 0.05) is 12.2 Å². The molecule has 1 heterocycles. The van der Waals surface area contributed by atoms with Gasteiger partial charge in [0.2, 0.25) is 5.91 Å². The lowest BCUT2D eigenvalue weighted by molar-refractivity contribution is -0.113. The summed E-state index contributed by atoms with van der Waals surface area (Å²) in [4.78, 5) is 25.3. The average Bonchev–Trinajstić information content (AvgIpc) is 3.21. The summed E-state index contributed by atoms with van der Waals surface area (Å²) in [5.74, 6) is 0.805. The van der Waals surface area contributed by atoms with E-state index in [1.165, 1.54) is 11.8 Å². The third-order valence-electron chi connectivity index (χ3n) is 4.89. The molecule has 1 unspecified atom stereocenters. The molecule has 174 valence electrons. The predicted molar refractivity (Wildman–Crippen MR) is 133 cm³/mol. The van der Waals surface area contributed by atoms with Crippen LogP contribution >= 0.6 is 23.4 Å². The fourth-order valence-corrected chi connectivity index (χ4v) is 4.42. The van der Waals surface area contributed by atoms with Gasteiger partial charge in [-0.05, 0) is 43.5 Å². The van der Waals surface area contributed by atoms with E-state index in [1.807, 2.05) is 41.8 Å². The number of hydrogen-bond donors (Lipinski definition) is 2. The fraction of sp³-hybridized carbons (Fsp3) is 0.333. The van der Waals surface area contributed by atoms with E-state index in [0.29, 0.717) is 40.5 Å². The van der Waals surface area contributed by atoms with Crippen LogP contribution in [-0.4, -0.2) is 32.3 Å². The van der Waals surface area contributed by atoms with Gasteiger partial charge in [0.15, 0.2) is 11.0 Å². The minimum Gasteiger partial charge on any atom is -0.342 e. The molecule has 3 aromatic rings. The molecule has 2 aromatic carbocycles. The van der Waals surface area contributed by atoms with Crippen LogP contribution in [0.2, 0.25) is 5.02 Å². The van der Waals surface area contributed by atoms with Crippen molar-refractivity contribution in [3.63, 3.8) is 0 Å². The zero-order chi connectivity index (χ0) is 23.8. The lowest BCUT2D eigenvalue weighted by Crippen LogP contribution is -2.31. The predicted octanol–water partition coefficient (Wildman–Crippen LogP) is 5.20. The molecule has 0 aliphatic rings. The maximum absolute atomic E-state index is 12.9. The number of carbonyl (C=O) groups is 2. The van der Waals surface area contributed by atoms with E-state index in [9.17, 15) is 9.59 Å². The minimum atomic E-state index is -0.339. The topological polar surface area (TPSA) is 88.9 Å². The first-order valence-corrected chi connectivity index (χ1v) is 12.2. The number of amides is 2. The van der Waals surface area contributed by atoms with Crippen LogP contribution in [0.5, 0.6) is 0 Å². The molecular weight excluding hydrogens is 458 g/mol. The number of nitrogens with one attached hydrogen (secondary N) is 2. The van der Waals surface area contributed by atoms with Crippen LogP contribution in [0.25, 0.3) is 0 Å². The zero-order valence-corrected chi connectivity index (χ0v) is 20.5. The molecule has 0 saturated heterocycles. The van der Waals surface area contributed by atoms with Crippen molar-refractivity contribution in [1.82, 2.24) is 20.1 Å². The van der Waals surface area contributed by atoms with Crippen molar-refractivity contribution >= 4 is 40.9 Å². The summed E-state index contributed by atoms with van der Waals surface area (Å²) in [6, 6.07) is 15.9. The molecule has 0 saturated carbocycles. The third-order valence-corrected chi connectivity index (χ3v) is 6.19. The van der Waals surface area contributed by atoms with Crippen LogP contribution in [0.1, 0.15) is 49.4 Å². The minimum absolute atomic E-state index is 0.121. The van der Waals surface area contributed by atoms with Gasteiger partial charge in [-0.3, -0.25) is 9.59 Å². The van der Waals surface area contributed by atoms with Gasteiger partial charge in [-0.1, -0.05) is 67.5 Å². The third kappa shape index (κ3) is 6.82. The Morgan fingerprint density at radius 3 is 2.42 bits per heavy atom. The average molecular weight is 486 g/mol. The van der Waals surface area contributed by atoms with Gasteiger partial charge in [0.1, 0.15) is 0 Å². The van der Waals surface area contributed by atoms with Crippen LogP contribution in [0.4, 0.5) is 5.69 Å². The number of rotatable bonds is 10. The number of carbonyl (C=O) groups excluding carboxylic acids is 2. The Morgan fingerprint density at radius 2 is 1.76 bits per heavy atom. The summed E-state index contributed by atoms with van der Waals surface area (Å²) < 4.78 is 1.94. The number of thioether (sulfide) groups is 1. The monoisotopic (exact) mass is 485 g/mol. The Hall–Kier alpha value is -2.84. The van der Waals surface area contributed by atoms with E-state index in [0.717, 1.165) is 5.69 Å². The number of hydrogen-bond acceptors (Lipinski definition) is 5.